The van der Waals surface area contributed by atoms with Gasteiger partial charge in [0, 0.05) is 22.2 Å². The second kappa shape index (κ2) is 9.15. The van der Waals surface area contributed by atoms with E-state index in [4.69, 9.17) is 4.74 Å². The van der Waals surface area contributed by atoms with E-state index >= 15 is 0 Å². The standard InChI is InChI=1S/C25H21F2NO4S/c1-14(2)13-32-17-6-3-5-15(11-17)23(29)21-22(20-7-4-10-33-20)28(25(31)24(21)30)16-8-9-18(26)19(27)12-16/h3-12,14,22,29H,13H2,1-2H3/b23-21-. The molecule has 0 spiro atoms. The van der Waals surface area contributed by atoms with Crippen molar-refractivity contribution >= 4 is 34.5 Å². The van der Waals surface area contributed by atoms with E-state index in [1.165, 1.54) is 17.4 Å². The van der Waals surface area contributed by atoms with Gasteiger partial charge in [-0.3, -0.25) is 14.5 Å². The van der Waals surface area contributed by atoms with Crippen LogP contribution in [0.15, 0.2) is 65.6 Å². The summed E-state index contributed by atoms with van der Waals surface area (Å²) in [5.74, 6) is -3.63. The first-order valence-corrected chi connectivity index (χ1v) is 11.2. The molecule has 2 aromatic carbocycles. The zero-order chi connectivity index (χ0) is 23.7. The van der Waals surface area contributed by atoms with Gasteiger partial charge in [-0.15, -0.1) is 11.3 Å². The van der Waals surface area contributed by atoms with E-state index in [1.807, 2.05) is 13.8 Å². The van der Waals surface area contributed by atoms with Gasteiger partial charge in [-0.2, -0.15) is 0 Å². The number of halogens is 2. The highest BCUT2D eigenvalue weighted by Gasteiger charge is 2.47. The lowest BCUT2D eigenvalue weighted by Crippen LogP contribution is -2.29. The van der Waals surface area contributed by atoms with Crippen molar-refractivity contribution in [3.05, 3.63) is 87.6 Å². The van der Waals surface area contributed by atoms with Crippen molar-refractivity contribution in [2.45, 2.75) is 19.9 Å². The Labute approximate surface area is 193 Å². The Hall–Kier alpha value is -3.52. The van der Waals surface area contributed by atoms with Crippen LogP contribution >= 0.6 is 11.3 Å². The number of carbonyl (C=O) groups excluding carboxylic acids is 2. The molecule has 1 N–H and O–H groups in total. The van der Waals surface area contributed by atoms with Gasteiger partial charge < -0.3 is 9.84 Å². The van der Waals surface area contributed by atoms with Crippen molar-refractivity contribution in [3.8, 4) is 5.75 Å². The maximum atomic E-state index is 14.0. The summed E-state index contributed by atoms with van der Waals surface area (Å²) < 4.78 is 33.2. The maximum Gasteiger partial charge on any atom is 0.300 e. The summed E-state index contributed by atoms with van der Waals surface area (Å²) in [5, 5.41) is 12.9. The van der Waals surface area contributed by atoms with Crippen molar-refractivity contribution in [2.24, 2.45) is 5.92 Å². The number of amides is 1. The molecule has 0 saturated carbocycles. The minimum atomic E-state index is -1.14. The molecule has 1 aromatic heterocycles. The maximum absolute atomic E-state index is 14.0. The molecule has 33 heavy (non-hydrogen) atoms. The monoisotopic (exact) mass is 469 g/mol. The molecule has 8 heteroatoms. The number of aliphatic hydroxyl groups excluding tert-OH is 1. The zero-order valence-corrected chi connectivity index (χ0v) is 18.7. The first-order chi connectivity index (χ1) is 15.8. The zero-order valence-electron chi connectivity index (χ0n) is 17.9. The summed E-state index contributed by atoms with van der Waals surface area (Å²) in [5.41, 5.74) is 0.191. The number of benzene rings is 2. The number of ether oxygens (including phenoxy) is 1. The Kier molecular flexibility index (Phi) is 6.29. The Morgan fingerprint density at radius 3 is 2.55 bits per heavy atom. The van der Waals surface area contributed by atoms with E-state index in [0.717, 1.165) is 17.0 Å². The Morgan fingerprint density at radius 2 is 1.88 bits per heavy atom. The van der Waals surface area contributed by atoms with Crippen LogP contribution in [0.2, 0.25) is 0 Å². The average molecular weight is 470 g/mol. The summed E-state index contributed by atoms with van der Waals surface area (Å²) >= 11 is 1.28. The lowest BCUT2D eigenvalue weighted by atomic mass is 9.99. The highest BCUT2D eigenvalue weighted by Crippen LogP contribution is 2.44. The first kappa shape index (κ1) is 22.7. The summed E-state index contributed by atoms with van der Waals surface area (Å²) in [7, 11) is 0. The van der Waals surface area contributed by atoms with Crippen molar-refractivity contribution < 1.29 is 28.2 Å². The molecule has 1 aliphatic heterocycles. The third kappa shape index (κ3) is 4.39. The Balaban J connectivity index is 1.83. The van der Waals surface area contributed by atoms with Gasteiger partial charge in [-0.05, 0) is 41.6 Å². The summed E-state index contributed by atoms with van der Waals surface area (Å²) in [6.07, 6.45) is 0. The number of thiophene rings is 1. The van der Waals surface area contributed by atoms with E-state index in [-0.39, 0.29) is 17.0 Å². The molecule has 1 fully saturated rings. The highest BCUT2D eigenvalue weighted by molar-refractivity contribution is 7.10. The SMILES string of the molecule is CC(C)COc1cccc(/C(O)=C2/C(=O)C(=O)N(c3ccc(F)c(F)c3)C2c2cccs2)c1. The number of rotatable bonds is 6. The van der Waals surface area contributed by atoms with Crippen LogP contribution in [0, 0.1) is 17.6 Å². The van der Waals surface area contributed by atoms with Gasteiger partial charge in [0.25, 0.3) is 11.7 Å². The molecule has 1 aliphatic rings. The van der Waals surface area contributed by atoms with Crippen LogP contribution in [-0.2, 0) is 9.59 Å². The van der Waals surface area contributed by atoms with Crippen LogP contribution in [0.1, 0.15) is 30.3 Å². The fourth-order valence-corrected chi connectivity index (χ4v) is 4.42. The second-order valence-corrected chi connectivity index (χ2v) is 8.99. The topological polar surface area (TPSA) is 66.8 Å². The number of aliphatic hydroxyl groups is 1. The van der Waals surface area contributed by atoms with Gasteiger partial charge in [-0.25, -0.2) is 8.78 Å². The molecule has 1 unspecified atom stereocenters. The Bertz CT molecular complexity index is 1240. The van der Waals surface area contributed by atoms with Crippen LogP contribution in [0.4, 0.5) is 14.5 Å². The van der Waals surface area contributed by atoms with E-state index in [2.05, 4.69) is 0 Å². The average Bonchev–Trinajstić information content (AvgIpc) is 3.41. The molecular weight excluding hydrogens is 448 g/mol. The smallest absolute Gasteiger partial charge is 0.300 e. The van der Waals surface area contributed by atoms with Crippen LogP contribution in [-0.4, -0.2) is 23.4 Å². The van der Waals surface area contributed by atoms with Crippen LogP contribution in [0.5, 0.6) is 5.75 Å². The fourth-order valence-electron chi connectivity index (χ4n) is 3.60. The third-order valence-corrected chi connectivity index (χ3v) is 6.05. The van der Waals surface area contributed by atoms with Gasteiger partial charge in [0.15, 0.2) is 11.6 Å². The lowest BCUT2D eigenvalue weighted by molar-refractivity contribution is -0.132. The van der Waals surface area contributed by atoms with Gasteiger partial charge in [0.1, 0.15) is 17.6 Å². The number of anilines is 1. The first-order valence-electron chi connectivity index (χ1n) is 10.3. The lowest BCUT2D eigenvalue weighted by Gasteiger charge is -2.24. The van der Waals surface area contributed by atoms with Crippen molar-refractivity contribution in [2.75, 3.05) is 11.5 Å². The van der Waals surface area contributed by atoms with Crippen LogP contribution in [0.25, 0.3) is 5.76 Å². The molecule has 1 atom stereocenters. The molecule has 0 aliphatic carbocycles. The number of ketones is 1. The van der Waals surface area contributed by atoms with Gasteiger partial charge in [0.05, 0.1) is 12.2 Å². The molecule has 2 heterocycles. The minimum absolute atomic E-state index is 0.0162. The van der Waals surface area contributed by atoms with Gasteiger partial charge >= 0.3 is 0 Å². The number of carbonyl (C=O) groups is 2. The number of Topliss-reactive ketones (excluding diaryl/α,β-unsaturated/α-hetero) is 1. The Morgan fingerprint density at radius 1 is 1.09 bits per heavy atom. The summed E-state index contributed by atoms with van der Waals surface area (Å²) in [6, 6.07) is 12.1. The molecule has 1 amide bonds. The molecule has 5 nitrogen and oxygen atoms in total. The van der Waals surface area contributed by atoms with E-state index in [1.54, 1.807) is 41.8 Å². The van der Waals surface area contributed by atoms with Crippen molar-refractivity contribution in [1.29, 1.82) is 0 Å². The number of hydrogen-bond acceptors (Lipinski definition) is 5. The van der Waals surface area contributed by atoms with Crippen LogP contribution < -0.4 is 9.64 Å². The third-order valence-electron chi connectivity index (χ3n) is 5.13. The predicted octanol–water partition coefficient (Wildman–Crippen LogP) is 5.69. The summed E-state index contributed by atoms with van der Waals surface area (Å²) in [4.78, 5) is 27.7. The van der Waals surface area contributed by atoms with Crippen LogP contribution in [0.3, 0.4) is 0 Å². The second-order valence-electron chi connectivity index (χ2n) is 8.02. The predicted molar refractivity (Wildman–Crippen MR) is 122 cm³/mol. The minimum Gasteiger partial charge on any atom is -0.507 e. The molecule has 1 saturated heterocycles. The molecule has 4 rings (SSSR count). The van der Waals surface area contributed by atoms with Crippen molar-refractivity contribution in [1.82, 2.24) is 0 Å². The molecule has 0 radical (unpaired) electrons. The molecule has 3 aromatic rings. The van der Waals surface area contributed by atoms with E-state index < -0.39 is 29.4 Å². The van der Waals surface area contributed by atoms with Crippen molar-refractivity contribution in [3.63, 3.8) is 0 Å². The van der Waals surface area contributed by atoms with Gasteiger partial charge in [-0.1, -0.05) is 32.0 Å². The largest absolute Gasteiger partial charge is 0.507 e. The normalized spacial score (nSPS) is 17.7. The van der Waals surface area contributed by atoms with E-state index in [9.17, 15) is 23.5 Å². The molecule has 170 valence electrons. The summed E-state index contributed by atoms with van der Waals surface area (Å²) in [6.45, 7) is 4.48. The molecule has 0 bridgehead atoms. The fraction of sp³-hybridized carbons (Fsp3) is 0.200. The highest BCUT2D eigenvalue weighted by atomic mass is 32.1. The number of hydrogen-bond donors (Lipinski definition) is 1. The van der Waals surface area contributed by atoms with Gasteiger partial charge in [0.2, 0.25) is 0 Å². The quantitative estimate of drug-likeness (QED) is 0.286. The molecular formula is C25H21F2NO4S. The van der Waals surface area contributed by atoms with E-state index in [0.29, 0.717) is 28.7 Å². The number of nitrogens with zero attached hydrogens (tertiary/aromatic N) is 1.